The molecule has 0 unspecified atom stereocenters. The van der Waals surface area contributed by atoms with Crippen LogP contribution in [0.25, 0.3) is 0 Å². The van der Waals surface area contributed by atoms with Gasteiger partial charge >= 0.3 is 6.03 Å². The van der Waals surface area contributed by atoms with Crippen molar-refractivity contribution in [2.24, 2.45) is 12.8 Å². The summed E-state index contributed by atoms with van der Waals surface area (Å²) in [5.74, 6) is -0.653. The van der Waals surface area contributed by atoms with Gasteiger partial charge in [0, 0.05) is 12.7 Å². The number of hydrogen-bond donors (Lipinski definition) is 3. The van der Waals surface area contributed by atoms with Crippen LogP contribution in [0.5, 0.6) is 0 Å². The van der Waals surface area contributed by atoms with Gasteiger partial charge in [-0.1, -0.05) is 25.1 Å². The van der Waals surface area contributed by atoms with Crippen molar-refractivity contribution in [2.45, 2.75) is 13.3 Å². The Morgan fingerprint density at radius 1 is 1.24 bits per heavy atom. The second-order valence-electron chi connectivity index (χ2n) is 4.48. The average molecular weight is 287 g/mol. The highest BCUT2D eigenvalue weighted by Gasteiger charge is 2.16. The fraction of sp³-hybridized carbons (Fsp3) is 0.214. The van der Waals surface area contributed by atoms with E-state index in [9.17, 15) is 9.59 Å². The van der Waals surface area contributed by atoms with Crippen LogP contribution in [0.15, 0.2) is 30.5 Å². The van der Waals surface area contributed by atoms with Crippen molar-refractivity contribution in [3.63, 3.8) is 0 Å². The fourth-order valence-electron chi connectivity index (χ4n) is 2.05. The molecule has 7 nitrogen and oxygen atoms in total. The highest BCUT2D eigenvalue weighted by atomic mass is 16.2. The Kier molecular flexibility index (Phi) is 4.22. The molecule has 0 spiro atoms. The highest BCUT2D eigenvalue weighted by molar-refractivity contribution is 6.05. The maximum absolute atomic E-state index is 12.0. The van der Waals surface area contributed by atoms with Gasteiger partial charge < -0.3 is 16.4 Å². The number of aromatic nitrogens is 2. The first-order valence-electron chi connectivity index (χ1n) is 6.50. The standard InChI is InChI=1S/C14H17N5O2/c1-3-9-6-4-5-7-10(9)17-14(21)18-11-8-16-19(2)12(11)13(15)20/h4-8H,3H2,1-2H3,(H2,15,20)(H2,17,18,21). The number of hydrogen-bond acceptors (Lipinski definition) is 3. The van der Waals surface area contributed by atoms with E-state index >= 15 is 0 Å². The molecule has 4 N–H and O–H groups in total. The first-order chi connectivity index (χ1) is 10.0. The smallest absolute Gasteiger partial charge is 0.323 e. The molecule has 0 saturated heterocycles. The lowest BCUT2D eigenvalue weighted by Gasteiger charge is -2.10. The molecule has 1 aromatic heterocycles. The quantitative estimate of drug-likeness (QED) is 0.797. The molecule has 1 heterocycles. The lowest BCUT2D eigenvalue weighted by atomic mass is 10.1. The molecule has 0 fully saturated rings. The van der Waals surface area contributed by atoms with Crippen molar-refractivity contribution in [3.8, 4) is 0 Å². The molecular weight excluding hydrogens is 270 g/mol. The number of rotatable bonds is 4. The van der Waals surface area contributed by atoms with Crippen molar-refractivity contribution in [3.05, 3.63) is 41.7 Å². The number of urea groups is 1. The molecule has 2 aromatic rings. The van der Waals surface area contributed by atoms with Gasteiger partial charge in [0.1, 0.15) is 5.69 Å². The van der Waals surface area contributed by atoms with Crippen LogP contribution in [-0.2, 0) is 13.5 Å². The van der Waals surface area contributed by atoms with Crippen LogP contribution in [0.3, 0.4) is 0 Å². The predicted molar refractivity (Wildman–Crippen MR) is 80.2 cm³/mol. The van der Waals surface area contributed by atoms with Crippen LogP contribution < -0.4 is 16.4 Å². The molecule has 0 bridgehead atoms. The number of amides is 3. The summed E-state index contributed by atoms with van der Waals surface area (Å²) in [6, 6.07) is 7.05. The number of anilines is 2. The number of nitrogens with zero attached hydrogens (tertiary/aromatic N) is 2. The Morgan fingerprint density at radius 3 is 2.57 bits per heavy atom. The number of benzene rings is 1. The highest BCUT2D eigenvalue weighted by Crippen LogP contribution is 2.17. The zero-order valence-electron chi connectivity index (χ0n) is 11.9. The number of nitrogens with one attached hydrogen (secondary N) is 2. The number of para-hydroxylation sites is 1. The Morgan fingerprint density at radius 2 is 1.90 bits per heavy atom. The van der Waals surface area contributed by atoms with Gasteiger partial charge in [0.2, 0.25) is 0 Å². The summed E-state index contributed by atoms with van der Waals surface area (Å²) in [5.41, 5.74) is 7.43. The van der Waals surface area contributed by atoms with E-state index < -0.39 is 11.9 Å². The Balaban J connectivity index is 2.14. The van der Waals surface area contributed by atoms with Gasteiger partial charge in [0.05, 0.1) is 11.9 Å². The maximum Gasteiger partial charge on any atom is 0.323 e. The summed E-state index contributed by atoms with van der Waals surface area (Å²) < 4.78 is 1.32. The lowest BCUT2D eigenvalue weighted by molar-refractivity contribution is 0.0992. The van der Waals surface area contributed by atoms with Crippen molar-refractivity contribution < 1.29 is 9.59 Å². The molecule has 0 atom stereocenters. The minimum Gasteiger partial charge on any atom is -0.364 e. The third-order valence-corrected chi connectivity index (χ3v) is 3.07. The molecule has 2 rings (SSSR count). The fourth-order valence-corrected chi connectivity index (χ4v) is 2.05. The van der Waals surface area contributed by atoms with Gasteiger partial charge in [-0.05, 0) is 18.1 Å². The third kappa shape index (κ3) is 3.19. The SMILES string of the molecule is CCc1ccccc1NC(=O)Nc1cnn(C)c1C(N)=O. The first kappa shape index (κ1) is 14.6. The van der Waals surface area contributed by atoms with E-state index in [4.69, 9.17) is 5.73 Å². The molecule has 7 heteroatoms. The number of carbonyl (C=O) groups excluding carboxylic acids is 2. The largest absolute Gasteiger partial charge is 0.364 e. The molecule has 0 aliphatic rings. The summed E-state index contributed by atoms with van der Waals surface area (Å²) in [7, 11) is 1.58. The number of carbonyl (C=O) groups is 2. The van der Waals surface area contributed by atoms with Crippen molar-refractivity contribution >= 4 is 23.3 Å². The van der Waals surface area contributed by atoms with Crippen molar-refractivity contribution in [1.82, 2.24) is 9.78 Å². The topological polar surface area (TPSA) is 102 Å². The second-order valence-corrected chi connectivity index (χ2v) is 4.48. The van der Waals surface area contributed by atoms with Crippen LogP contribution in [0.4, 0.5) is 16.2 Å². The van der Waals surface area contributed by atoms with E-state index in [1.54, 1.807) is 7.05 Å². The molecule has 0 aliphatic heterocycles. The van der Waals surface area contributed by atoms with E-state index in [-0.39, 0.29) is 11.4 Å². The molecule has 0 saturated carbocycles. The first-order valence-corrected chi connectivity index (χ1v) is 6.50. The second kappa shape index (κ2) is 6.08. The van der Waals surface area contributed by atoms with E-state index in [0.29, 0.717) is 0 Å². The van der Waals surface area contributed by atoms with Crippen LogP contribution in [0.1, 0.15) is 23.0 Å². The summed E-state index contributed by atoms with van der Waals surface area (Å²) >= 11 is 0. The Hall–Kier alpha value is -2.83. The van der Waals surface area contributed by atoms with Crippen LogP contribution in [0.2, 0.25) is 0 Å². The van der Waals surface area contributed by atoms with Crippen LogP contribution in [0, 0.1) is 0 Å². The van der Waals surface area contributed by atoms with E-state index in [1.807, 2.05) is 31.2 Å². The molecule has 110 valence electrons. The predicted octanol–water partition coefficient (Wildman–Crippen LogP) is 1.73. The van der Waals surface area contributed by atoms with Crippen molar-refractivity contribution in [1.29, 1.82) is 0 Å². The molecular formula is C14H17N5O2. The summed E-state index contributed by atoms with van der Waals surface area (Å²) in [4.78, 5) is 23.4. The minimum absolute atomic E-state index is 0.147. The molecule has 21 heavy (non-hydrogen) atoms. The van der Waals surface area contributed by atoms with Gasteiger partial charge in [0.15, 0.2) is 0 Å². The molecule has 3 amide bonds. The molecule has 1 aromatic carbocycles. The monoisotopic (exact) mass is 287 g/mol. The van der Waals surface area contributed by atoms with Gasteiger partial charge in [-0.3, -0.25) is 9.48 Å². The average Bonchev–Trinajstić information content (AvgIpc) is 2.80. The number of nitrogens with two attached hydrogens (primary N) is 1. The number of aryl methyl sites for hydroxylation is 2. The summed E-state index contributed by atoms with van der Waals surface area (Å²) in [5, 5.41) is 9.23. The Labute approximate surface area is 122 Å². The van der Waals surface area contributed by atoms with E-state index in [2.05, 4.69) is 15.7 Å². The van der Waals surface area contributed by atoms with Crippen molar-refractivity contribution in [2.75, 3.05) is 10.6 Å². The maximum atomic E-state index is 12.0. The van der Waals surface area contributed by atoms with E-state index in [0.717, 1.165) is 17.7 Å². The lowest BCUT2D eigenvalue weighted by Crippen LogP contribution is -2.23. The zero-order chi connectivity index (χ0) is 15.4. The number of primary amides is 1. The normalized spacial score (nSPS) is 10.2. The van der Waals surface area contributed by atoms with Gasteiger partial charge in [0.25, 0.3) is 5.91 Å². The van der Waals surface area contributed by atoms with Gasteiger partial charge in [-0.2, -0.15) is 5.10 Å². The summed E-state index contributed by atoms with van der Waals surface area (Å²) in [6.07, 6.45) is 2.18. The Bertz CT molecular complexity index is 678. The van der Waals surface area contributed by atoms with Crippen LogP contribution >= 0.6 is 0 Å². The summed E-state index contributed by atoms with van der Waals surface area (Å²) in [6.45, 7) is 2.00. The minimum atomic E-state index is -0.653. The zero-order valence-corrected chi connectivity index (χ0v) is 11.9. The van der Waals surface area contributed by atoms with E-state index in [1.165, 1.54) is 10.9 Å². The van der Waals surface area contributed by atoms with Gasteiger partial charge in [-0.25, -0.2) is 4.79 Å². The molecule has 0 aliphatic carbocycles. The third-order valence-electron chi connectivity index (χ3n) is 3.07. The molecule has 0 radical (unpaired) electrons. The van der Waals surface area contributed by atoms with Crippen LogP contribution in [-0.4, -0.2) is 21.7 Å². The van der Waals surface area contributed by atoms with Gasteiger partial charge in [-0.15, -0.1) is 0 Å².